The highest BCUT2D eigenvalue weighted by atomic mass is 16.6. The van der Waals surface area contributed by atoms with Crippen LogP contribution in [0.4, 0.5) is 0 Å². The zero-order valence-electron chi connectivity index (χ0n) is 18.9. The predicted octanol–water partition coefficient (Wildman–Crippen LogP) is 2.83. The number of rotatable bonds is 2. The largest absolute Gasteiger partial charge is 0.462 e. The lowest BCUT2D eigenvalue weighted by atomic mass is 9.39. The fourth-order valence-corrected chi connectivity index (χ4v) is 9.25. The van der Waals surface area contributed by atoms with Crippen molar-refractivity contribution in [1.82, 2.24) is 0 Å². The van der Waals surface area contributed by atoms with Crippen LogP contribution in [-0.4, -0.2) is 46.9 Å². The summed E-state index contributed by atoms with van der Waals surface area (Å²) in [7, 11) is 0. The van der Waals surface area contributed by atoms with Crippen molar-refractivity contribution in [2.45, 2.75) is 88.9 Å². The van der Waals surface area contributed by atoms with Gasteiger partial charge in [0.1, 0.15) is 23.7 Å². The molecule has 0 aromatic heterocycles. The lowest BCUT2D eigenvalue weighted by molar-refractivity contribution is -0.309. The second kappa shape index (κ2) is 6.37. The Balaban J connectivity index is 1.37. The smallest absolute Gasteiger partial charge is 0.331 e. The Bertz CT molecular complexity index is 941. The standard InChI is InChI=1S/C25H32O7/c1-14(26)31-16-3-9-24-18-4-7-22(2)17(15-11-20(27)30-13-15)6-10-25(22,32-21(24)28)19(18)5-8-23(24,29)12-16/h11,16-19,29H,3-10,12-13H2,1-2H3/t16-,17+,18?,19?,22+,23-,24+,25-/m0/s1. The minimum Gasteiger partial charge on any atom is -0.462 e. The maximum absolute atomic E-state index is 13.9. The molecule has 0 radical (unpaired) electrons. The van der Waals surface area contributed by atoms with Gasteiger partial charge in [0.2, 0.25) is 0 Å². The van der Waals surface area contributed by atoms with E-state index in [9.17, 15) is 19.5 Å². The summed E-state index contributed by atoms with van der Waals surface area (Å²) in [5.41, 5.74) is -1.81. The van der Waals surface area contributed by atoms with Crippen molar-refractivity contribution in [1.29, 1.82) is 0 Å². The number of esters is 3. The minimum atomic E-state index is -1.19. The zero-order chi connectivity index (χ0) is 22.5. The molecule has 4 saturated carbocycles. The third-order valence-corrected chi connectivity index (χ3v) is 10.5. The van der Waals surface area contributed by atoms with Crippen LogP contribution in [0.25, 0.3) is 0 Å². The summed E-state index contributed by atoms with van der Waals surface area (Å²) in [6.07, 6.45) is 7.50. The molecule has 2 unspecified atom stereocenters. The molecule has 6 rings (SSSR count). The Labute approximate surface area is 187 Å². The van der Waals surface area contributed by atoms with Crippen molar-refractivity contribution in [3.63, 3.8) is 0 Å². The van der Waals surface area contributed by atoms with Gasteiger partial charge in [0.05, 0.1) is 5.60 Å². The van der Waals surface area contributed by atoms with E-state index >= 15 is 0 Å². The quantitative estimate of drug-likeness (QED) is 0.516. The van der Waals surface area contributed by atoms with Gasteiger partial charge in [-0.25, -0.2) is 4.79 Å². The molecule has 1 saturated heterocycles. The van der Waals surface area contributed by atoms with E-state index in [1.807, 2.05) is 0 Å². The Hall–Kier alpha value is -1.89. The Morgan fingerprint density at radius 2 is 1.88 bits per heavy atom. The summed E-state index contributed by atoms with van der Waals surface area (Å²) in [4.78, 5) is 37.2. The van der Waals surface area contributed by atoms with Gasteiger partial charge in [-0.15, -0.1) is 0 Å². The maximum atomic E-state index is 13.9. The Kier molecular flexibility index (Phi) is 4.12. The van der Waals surface area contributed by atoms with Crippen LogP contribution < -0.4 is 0 Å². The number of carbonyl (C=O) groups is 3. The van der Waals surface area contributed by atoms with Crippen molar-refractivity contribution in [2.75, 3.05) is 6.61 Å². The summed E-state index contributed by atoms with van der Waals surface area (Å²) in [6.45, 7) is 3.98. The molecule has 7 nitrogen and oxygen atoms in total. The topological polar surface area (TPSA) is 99.1 Å². The number of hydrogen-bond donors (Lipinski definition) is 1. The molecule has 6 aliphatic rings. The average Bonchev–Trinajstić information content (AvgIpc) is 3.26. The van der Waals surface area contributed by atoms with Gasteiger partial charge >= 0.3 is 17.9 Å². The third-order valence-electron chi connectivity index (χ3n) is 10.5. The molecule has 32 heavy (non-hydrogen) atoms. The highest BCUT2D eigenvalue weighted by Crippen LogP contribution is 2.75. The Morgan fingerprint density at radius 1 is 1.09 bits per heavy atom. The molecule has 0 aromatic rings. The number of cyclic esters (lactones) is 1. The summed E-state index contributed by atoms with van der Waals surface area (Å²) in [5.74, 6) is -0.387. The van der Waals surface area contributed by atoms with E-state index in [0.29, 0.717) is 32.3 Å². The maximum Gasteiger partial charge on any atom is 0.331 e. The number of ether oxygens (including phenoxy) is 3. The van der Waals surface area contributed by atoms with Crippen molar-refractivity contribution >= 4 is 17.9 Å². The van der Waals surface area contributed by atoms with Gasteiger partial charge in [-0.2, -0.15) is 0 Å². The van der Waals surface area contributed by atoms with Crippen molar-refractivity contribution in [2.24, 2.45) is 28.6 Å². The molecule has 2 spiro atoms. The summed E-state index contributed by atoms with van der Waals surface area (Å²) < 4.78 is 17.2. The van der Waals surface area contributed by atoms with Crippen molar-refractivity contribution < 1.29 is 33.7 Å². The van der Waals surface area contributed by atoms with Crippen molar-refractivity contribution in [3.05, 3.63) is 11.6 Å². The lowest BCUT2D eigenvalue weighted by Crippen LogP contribution is -2.76. The summed E-state index contributed by atoms with van der Waals surface area (Å²) in [5, 5.41) is 11.9. The van der Waals surface area contributed by atoms with E-state index in [-0.39, 0.29) is 47.2 Å². The first-order valence-electron chi connectivity index (χ1n) is 12.2. The molecule has 7 heteroatoms. The molecule has 0 aromatic carbocycles. The number of aliphatic hydroxyl groups is 1. The zero-order valence-corrected chi connectivity index (χ0v) is 18.9. The van der Waals surface area contributed by atoms with Crippen LogP contribution in [0.1, 0.15) is 71.6 Å². The van der Waals surface area contributed by atoms with E-state index in [1.165, 1.54) is 6.92 Å². The fraction of sp³-hybridized carbons (Fsp3) is 0.800. The van der Waals surface area contributed by atoms with Crippen LogP contribution in [0.2, 0.25) is 0 Å². The van der Waals surface area contributed by atoms with E-state index in [1.54, 1.807) is 6.08 Å². The predicted molar refractivity (Wildman–Crippen MR) is 111 cm³/mol. The summed E-state index contributed by atoms with van der Waals surface area (Å²) in [6, 6.07) is 0. The van der Waals surface area contributed by atoms with Gasteiger partial charge in [-0.05, 0) is 68.8 Å². The lowest BCUT2D eigenvalue weighted by Gasteiger charge is -2.70. The number of carbonyl (C=O) groups excluding carboxylic acids is 3. The van der Waals surface area contributed by atoms with Gasteiger partial charge in [-0.3, -0.25) is 9.59 Å². The first-order chi connectivity index (χ1) is 15.2. The third kappa shape index (κ3) is 2.28. The SMILES string of the molecule is CC(=O)O[C@H]1CC[C@]23C(=O)O[C@]45CC[C@H](C6=CC(=O)OC6)[C@@]4(C)CCC2C5CC[C@]3(O)C1. The van der Waals surface area contributed by atoms with E-state index in [2.05, 4.69) is 6.92 Å². The molecular weight excluding hydrogens is 412 g/mol. The van der Waals surface area contributed by atoms with Gasteiger partial charge in [-0.1, -0.05) is 6.92 Å². The number of hydrogen-bond acceptors (Lipinski definition) is 7. The van der Waals surface area contributed by atoms with Crippen LogP contribution in [0.15, 0.2) is 11.6 Å². The molecule has 2 aliphatic heterocycles. The Morgan fingerprint density at radius 3 is 2.59 bits per heavy atom. The molecule has 4 aliphatic carbocycles. The first kappa shape index (κ1) is 20.7. The highest BCUT2D eigenvalue weighted by molar-refractivity contribution is 5.85. The second-order valence-electron chi connectivity index (χ2n) is 11.4. The fourth-order valence-electron chi connectivity index (χ4n) is 9.25. The van der Waals surface area contributed by atoms with Crippen LogP contribution in [0.5, 0.6) is 0 Å². The van der Waals surface area contributed by atoms with Gasteiger partial charge < -0.3 is 19.3 Å². The highest BCUT2D eigenvalue weighted by Gasteiger charge is 2.79. The monoisotopic (exact) mass is 444 g/mol. The molecule has 8 atom stereocenters. The van der Waals surface area contributed by atoms with Gasteiger partial charge in [0.25, 0.3) is 0 Å². The molecular formula is C25H32O7. The average molecular weight is 445 g/mol. The molecule has 5 fully saturated rings. The minimum absolute atomic E-state index is 0.0862. The van der Waals surface area contributed by atoms with Crippen LogP contribution in [0, 0.1) is 28.6 Å². The van der Waals surface area contributed by atoms with E-state index in [4.69, 9.17) is 14.2 Å². The van der Waals surface area contributed by atoms with Crippen LogP contribution in [-0.2, 0) is 28.6 Å². The van der Waals surface area contributed by atoms with Crippen LogP contribution >= 0.6 is 0 Å². The first-order valence-corrected chi connectivity index (χ1v) is 12.2. The normalized spacial score (nSPS) is 51.2. The molecule has 2 heterocycles. The van der Waals surface area contributed by atoms with Gasteiger partial charge in [0, 0.05) is 30.8 Å². The second-order valence-corrected chi connectivity index (χ2v) is 11.4. The van der Waals surface area contributed by atoms with E-state index < -0.39 is 16.6 Å². The molecule has 1 N–H and O–H groups in total. The molecule has 0 amide bonds. The molecule has 4 bridgehead atoms. The summed E-state index contributed by atoms with van der Waals surface area (Å²) >= 11 is 0. The molecule has 174 valence electrons. The van der Waals surface area contributed by atoms with E-state index in [0.717, 1.165) is 37.7 Å². The van der Waals surface area contributed by atoms with Crippen molar-refractivity contribution in [3.8, 4) is 0 Å². The van der Waals surface area contributed by atoms with Crippen LogP contribution in [0.3, 0.4) is 0 Å². The van der Waals surface area contributed by atoms with Gasteiger partial charge in [0.15, 0.2) is 0 Å².